The number of hydrogen-bond donors (Lipinski definition) is 3. The molecule has 34 heavy (non-hydrogen) atoms. The van der Waals surface area contributed by atoms with E-state index in [1.54, 1.807) is 35.3 Å². The lowest BCUT2D eigenvalue weighted by molar-refractivity contribution is -0.139. The van der Waals surface area contributed by atoms with Gasteiger partial charge in [-0.2, -0.15) is 11.8 Å². The monoisotopic (exact) mass is 480 g/mol. The van der Waals surface area contributed by atoms with Crippen LogP contribution < -0.4 is 10.6 Å². The summed E-state index contributed by atoms with van der Waals surface area (Å²) in [6.07, 6.45) is 5.75. The molecular formula is C25H28N4O4S. The van der Waals surface area contributed by atoms with Gasteiger partial charge in [-0.3, -0.25) is 9.59 Å². The van der Waals surface area contributed by atoms with Crippen LogP contribution >= 0.6 is 11.8 Å². The van der Waals surface area contributed by atoms with E-state index in [9.17, 15) is 19.5 Å². The smallest absolute Gasteiger partial charge is 0.326 e. The summed E-state index contributed by atoms with van der Waals surface area (Å²) < 4.78 is 1.77. The lowest BCUT2D eigenvalue weighted by Gasteiger charge is -2.18. The molecule has 8 nitrogen and oxygen atoms in total. The van der Waals surface area contributed by atoms with Gasteiger partial charge < -0.3 is 20.3 Å². The predicted molar refractivity (Wildman–Crippen MR) is 134 cm³/mol. The van der Waals surface area contributed by atoms with Crippen LogP contribution in [0.15, 0.2) is 55.0 Å². The summed E-state index contributed by atoms with van der Waals surface area (Å²) in [5, 5.41) is 15.0. The summed E-state index contributed by atoms with van der Waals surface area (Å²) in [5.41, 5.74) is 3.91. The van der Waals surface area contributed by atoms with Crippen LogP contribution in [0.5, 0.6) is 0 Å². The van der Waals surface area contributed by atoms with Gasteiger partial charge in [0.25, 0.3) is 5.91 Å². The Bertz CT molecular complexity index is 1190. The molecule has 1 heterocycles. The Labute approximate surface area is 202 Å². The molecule has 3 aromatic rings. The third-order valence-electron chi connectivity index (χ3n) is 5.30. The molecule has 3 N–H and O–H groups in total. The van der Waals surface area contributed by atoms with Crippen molar-refractivity contribution in [1.82, 2.24) is 14.9 Å². The van der Waals surface area contributed by atoms with Crippen LogP contribution in [0, 0.1) is 6.92 Å². The highest BCUT2D eigenvalue weighted by Crippen LogP contribution is 2.30. The van der Waals surface area contributed by atoms with Crippen molar-refractivity contribution >= 4 is 35.2 Å². The van der Waals surface area contributed by atoms with Gasteiger partial charge in [0, 0.05) is 24.5 Å². The van der Waals surface area contributed by atoms with Crippen molar-refractivity contribution in [3.05, 3.63) is 71.8 Å². The standard InChI is InChI=1S/C25H28N4O4S/c1-16-6-4-5-7-19(16)21-12-17(27-23(30)13-18-14-29(2)15-26-18)8-9-20(21)24(31)28-22(25(32)33)10-11-34-3/h4-9,12,14-15,22H,10-11,13H2,1-3H3,(H,27,30)(H,28,31)(H,32,33)/t22-/m0/s1. The SMILES string of the molecule is CSCC[C@H](NC(=O)c1ccc(NC(=O)Cc2cn(C)cn2)cc1-c1ccccc1C)C(=O)O. The lowest BCUT2D eigenvalue weighted by atomic mass is 9.94. The molecule has 0 unspecified atom stereocenters. The largest absolute Gasteiger partial charge is 0.480 e. The number of imidazole rings is 1. The molecule has 0 saturated heterocycles. The molecule has 1 aromatic heterocycles. The van der Waals surface area contributed by atoms with Gasteiger partial charge in [-0.15, -0.1) is 0 Å². The van der Waals surface area contributed by atoms with Crippen molar-refractivity contribution < 1.29 is 19.5 Å². The maximum absolute atomic E-state index is 13.1. The summed E-state index contributed by atoms with van der Waals surface area (Å²) in [4.78, 5) is 41.5. The summed E-state index contributed by atoms with van der Waals surface area (Å²) in [6, 6.07) is 11.6. The van der Waals surface area contributed by atoms with Gasteiger partial charge in [0.15, 0.2) is 0 Å². The van der Waals surface area contributed by atoms with E-state index in [1.807, 2.05) is 44.5 Å². The molecule has 0 bridgehead atoms. The summed E-state index contributed by atoms with van der Waals surface area (Å²) in [5.74, 6) is -1.16. The molecule has 0 fully saturated rings. The van der Waals surface area contributed by atoms with Crippen molar-refractivity contribution in [3.63, 3.8) is 0 Å². The first-order valence-corrected chi connectivity index (χ1v) is 12.2. The second-order valence-electron chi connectivity index (χ2n) is 7.98. The van der Waals surface area contributed by atoms with Crippen molar-refractivity contribution in [2.75, 3.05) is 17.3 Å². The van der Waals surface area contributed by atoms with E-state index >= 15 is 0 Å². The number of amides is 2. The molecule has 0 radical (unpaired) electrons. The first-order chi connectivity index (χ1) is 16.3. The van der Waals surface area contributed by atoms with Gasteiger partial charge in [-0.05, 0) is 60.2 Å². The minimum Gasteiger partial charge on any atom is -0.480 e. The van der Waals surface area contributed by atoms with Gasteiger partial charge >= 0.3 is 5.97 Å². The third kappa shape index (κ3) is 6.48. The second kappa shape index (κ2) is 11.5. The Kier molecular flexibility index (Phi) is 8.48. The number of aryl methyl sites for hydroxylation is 2. The van der Waals surface area contributed by atoms with Crippen molar-refractivity contribution in [3.8, 4) is 11.1 Å². The number of benzene rings is 2. The quantitative estimate of drug-likeness (QED) is 0.409. The van der Waals surface area contributed by atoms with Crippen LogP contribution in [0.2, 0.25) is 0 Å². The number of nitrogens with one attached hydrogen (secondary N) is 2. The van der Waals surface area contributed by atoms with E-state index in [0.717, 1.165) is 11.1 Å². The van der Waals surface area contributed by atoms with Crippen LogP contribution in [-0.2, 0) is 23.1 Å². The number of anilines is 1. The van der Waals surface area contributed by atoms with Crippen LogP contribution in [-0.4, -0.2) is 50.5 Å². The Hall–Kier alpha value is -3.59. The summed E-state index contributed by atoms with van der Waals surface area (Å²) in [6.45, 7) is 1.93. The van der Waals surface area contributed by atoms with Gasteiger partial charge in [-0.1, -0.05) is 24.3 Å². The molecule has 0 spiro atoms. The van der Waals surface area contributed by atoms with E-state index in [1.165, 1.54) is 11.8 Å². The number of aromatic nitrogens is 2. The fourth-order valence-electron chi connectivity index (χ4n) is 3.57. The highest BCUT2D eigenvalue weighted by atomic mass is 32.2. The number of aliphatic carboxylic acids is 1. The number of thioether (sulfide) groups is 1. The number of nitrogens with zero attached hydrogens (tertiary/aromatic N) is 2. The summed E-state index contributed by atoms with van der Waals surface area (Å²) in [7, 11) is 1.84. The van der Waals surface area contributed by atoms with E-state index < -0.39 is 17.9 Å². The van der Waals surface area contributed by atoms with Crippen LogP contribution in [0.3, 0.4) is 0 Å². The van der Waals surface area contributed by atoms with E-state index in [-0.39, 0.29) is 12.3 Å². The molecule has 0 aliphatic heterocycles. The number of carboxylic acid groups (broad SMARTS) is 1. The fraction of sp³-hybridized carbons (Fsp3) is 0.280. The lowest BCUT2D eigenvalue weighted by Crippen LogP contribution is -2.41. The first kappa shape index (κ1) is 25.0. The Morgan fingerprint density at radius 2 is 1.91 bits per heavy atom. The number of rotatable bonds is 10. The predicted octanol–water partition coefficient (Wildman–Crippen LogP) is 3.51. The highest BCUT2D eigenvalue weighted by Gasteiger charge is 2.23. The molecule has 0 aliphatic carbocycles. The maximum Gasteiger partial charge on any atom is 0.326 e. The minimum absolute atomic E-state index is 0.124. The van der Waals surface area contributed by atoms with E-state index in [4.69, 9.17) is 0 Å². The molecule has 178 valence electrons. The average molecular weight is 481 g/mol. The second-order valence-corrected chi connectivity index (χ2v) is 8.96. The zero-order valence-corrected chi connectivity index (χ0v) is 20.2. The molecule has 0 saturated carbocycles. The van der Waals surface area contributed by atoms with E-state index in [2.05, 4.69) is 15.6 Å². The molecule has 1 atom stereocenters. The maximum atomic E-state index is 13.1. The highest BCUT2D eigenvalue weighted by molar-refractivity contribution is 7.98. The zero-order chi connectivity index (χ0) is 24.7. The first-order valence-electron chi connectivity index (χ1n) is 10.8. The molecule has 3 rings (SSSR count). The Morgan fingerprint density at radius 3 is 2.56 bits per heavy atom. The van der Waals surface area contributed by atoms with Gasteiger partial charge in [0.2, 0.25) is 5.91 Å². The topological polar surface area (TPSA) is 113 Å². The normalized spacial score (nSPS) is 11.6. The Morgan fingerprint density at radius 1 is 1.15 bits per heavy atom. The molecule has 0 aliphatic rings. The van der Waals surface area contributed by atoms with Crippen LogP contribution in [0.25, 0.3) is 11.1 Å². The van der Waals surface area contributed by atoms with Crippen molar-refractivity contribution in [2.24, 2.45) is 7.05 Å². The molecule has 2 aromatic carbocycles. The minimum atomic E-state index is -1.07. The number of carbonyl (C=O) groups is 3. The van der Waals surface area contributed by atoms with E-state index in [0.29, 0.717) is 34.7 Å². The van der Waals surface area contributed by atoms with Crippen molar-refractivity contribution in [2.45, 2.75) is 25.8 Å². The van der Waals surface area contributed by atoms with Gasteiger partial charge in [0.05, 0.1) is 18.4 Å². The fourth-order valence-corrected chi connectivity index (χ4v) is 4.05. The summed E-state index contributed by atoms with van der Waals surface area (Å²) >= 11 is 1.52. The van der Waals surface area contributed by atoms with Crippen LogP contribution in [0.1, 0.15) is 28.0 Å². The molecule has 2 amide bonds. The average Bonchev–Trinajstić information content (AvgIpc) is 3.20. The zero-order valence-electron chi connectivity index (χ0n) is 19.4. The molecule has 9 heteroatoms. The number of hydrogen-bond acceptors (Lipinski definition) is 5. The number of carbonyl (C=O) groups excluding carboxylic acids is 2. The van der Waals surface area contributed by atoms with Crippen LogP contribution in [0.4, 0.5) is 5.69 Å². The number of carboxylic acids is 1. The third-order valence-corrected chi connectivity index (χ3v) is 5.94. The Balaban J connectivity index is 1.90. The van der Waals surface area contributed by atoms with Gasteiger partial charge in [-0.25, -0.2) is 9.78 Å². The molecular weight excluding hydrogens is 452 g/mol. The van der Waals surface area contributed by atoms with Crippen molar-refractivity contribution in [1.29, 1.82) is 0 Å². The van der Waals surface area contributed by atoms with Gasteiger partial charge in [0.1, 0.15) is 6.04 Å².